The van der Waals surface area contributed by atoms with Crippen molar-refractivity contribution in [1.82, 2.24) is 0 Å². The van der Waals surface area contributed by atoms with Crippen LogP contribution in [0.3, 0.4) is 0 Å². The predicted octanol–water partition coefficient (Wildman–Crippen LogP) is 3.58. The molecule has 0 atom stereocenters. The molecular weight excluding hydrogens is 278 g/mol. The van der Waals surface area contributed by atoms with Crippen molar-refractivity contribution in [3.8, 4) is 0 Å². The summed E-state index contributed by atoms with van der Waals surface area (Å²) in [6, 6.07) is 9.27. The van der Waals surface area contributed by atoms with E-state index in [0.717, 1.165) is 16.8 Å². The highest BCUT2D eigenvalue weighted by atomic mass is 32.2. The molecule has 0 bridgehead atoms. The first kappa shape index (κ1) is 14.1. The van der Waals surface area contributed by atoms with E-state index in [1.807, 2.05) is 39.0 Å². The van der Waals surface area contributed by atoms with Gasteiger partial charge in [0.1, 0.15) is 4.21 Å². The fourth-order valence-electron chi connectivity index (χ4n) is 1.98. The Balaban J connectivity index is 2.54. The van der Waals surface area contributed by atoms with Crippen molar-refractivity contribution in [3.05, 3.63) is 46.8 Å². The molecule has 102 valence electrons. The van der Waals surface area contributed by atoms with E-state index >= 15 is 0 Å². The Kier molecular flexibility index (Phi) is 3.96. The van der Waals surface area contributed by atoms with Crippen LogP contribution in [0.4, 0.5) is 5.69 Å². The second-order valence-corrected chi connectivity index (χ2v) is 7.43. The summed E-state index contributed by atoms with van der Waals surface area (Å²) in [6.45, 7) is 6.17. The van der Waals surface area contributed by atoms with E-state index in [2.05, 4.69) is 0 Å². The van der Waals surface area contributed by atoms with Crippen molar-refractivity contribution < 1.29 is 8.42 Å². The smallest absolute Gasteiger partial charge is 0.266 e. The number of nitrogens with zero attached hydrogens (tertiary/aromatic N) is 1. The van der Waals surface area contributed by atoms with E-state index in [4.69, 9.17) is 0 Å². The Labute approximate surface area is 118 Å². The molecule has 0 aliphatic carbocycles. The zero-order valence-corrected chi connectivity index (χ0v) is 12.9. The maximum atomic E-state index is 12.6. The average Bonchev–Trinajstić information content (AvgIpc) is 2.88. The highest BCUT2D eigenvalue weighted by Crippen LogP contribution is 2.29. The van der Waals surface area contributed by atoms with Gasteiger partial charge in [-0.25, -0.2) is 8.42 Å². The quantitative estimate of drug-likeness (QED) is 0.864. The summed E-state index contributed by atoms with van der Waals surface area (Å²) in [5.41, 5.74) is 2.78. The Morgan fingerprint density at radius 1 is 1.21 bits per heavy atom. The van der Waals surface area contributed by atoms with Crippen molar-refractivity contribution in [2.24, 2.45) is 0 Å². The standard InChI is InChI=1S/C14H17NO2S2/c1-4-15(13-10-11(2)7-8-12(13)3)19(16,17)14-6-5-9-18-14/h5-10H,4H2,1-3H3. The monoisotopic (exact) mass is 295 g/mol. The molecule has 0 saturated carbocycles. The van der Waals surface area contributed by atoms with Gasteiger partial charge >= 0.3 is 0 Å². The van der Waals surface area contributed by atoms with Crippen molar-refractivity contribution in [1.29, 1.82) is 0 Å². The second kappa shape index (κ2) is 5.35. The third-order valence-electron chi connectivity index (χ3n) is 2.96. The SMILES string of the molecule is CCN(c1cc(C)ccc1C)S(=O)(=O)c1cccs1. The van der Waals surface area contributed by atoms with Gasteiger partial charge in [-0.15, -0.1) is 11.3 Å². The molecule has 0 unspecified atom stereocenters. The summed E-state index contributed by atoms with van der Waals surface area (Å²) in [6.07, 6.45) is 0. The number of anilines is 1. The second-order valence-electron chi connectivity index (χ2n) is 4.39. The molecule has 2 aromatic rings. The van der Waals surface area contributed by atoms with Crippen LogP contribution in [0.15, 0.2) is 39.9 Å². The Morgan fingerprint density at radius 2 is 1.95 bits per heavy atom. The maximum absolute atomic E-state index is 12.6. The molecule has 1 aromatic heterocycles. The third kappa shape index (κ3) is 2.67. The molecule has 0 spiro atoms. The molecule has 19 heavy (non-hydrogen) atoms. The number of aryl methyl sites for hydroxylation is 2. The topological polar surface area (TPSA) is 37.4 Å². The summed E-state index contributed by atoms with van der Waals surface area (Å²) in [5, 5.41) is 1.78. The van der Waals surface area contributed by atoms with E-state index in [-0.39, 0.29) is 0 Å². The first-order valence-corrected chi connectivity index (χ1v) is 8.42. The van der Waals surface area contributed by atoms with Crippen LogP contribution in [0.5, 0.6) is 0 Å². The molecule has 0 saturated heterocycles. The van der Waals surface area contributed by atoms with Gasteiger partial charge in [-0.1, -0.05) is 18.2 Å². The summed E-state index contributed by atoms with van der Waals surface area (Å²) >= 11 is 1.25. The molecular formula is C14H17NO2S2. The number of hydrogen-bond donors (Lipinski definition) is 0. The van der Waals surface area contributed by atoms with E-state index in [0.29, 0.717) is 10.8 Å². The van der Waals surface area contributed by atoms with Crippen LogP contribution < -0.4 is 4.31 Å². The van der Waals surface area contributed by atoms with Gasteiger partial charge in [0.05, 0.1) is 5.69 Å². The van der Waals surface area contributed by atoms with Gasteiger partial charge in [-0.05, 0) is 49.4 Å². The van der Waals surface area contributed by atoms with Crippen LogP contribution in [0.1, 0.15) is 18.1 Å². The van der Waals surface area contributed by atoms with E-state index in [9.17, 15) is 8.42 Å². The normalized spacial score (nSPS) is 11.5. The molecule has 1 heterocycles. The van der Waals surface area contributed by atoms with Crippen LogP contribution in [0.2, 0.25) is 0 Å². The Hall–Kier alpha value is -1.33. The third-order valence-corrected chi connectivity index (χ3v) is 6.22. The minimum atomic E-state index is -3.45. The summed E-state index contributed by atoms with van der Waals surface area (Å²) < 4.78 is 27.1. The number of thiophene rings is 1. The van der Waals surface area contributed by atoms with Gasteiger partial charge in [0.25, 0.3) is 10.0 Å². The Bertz CT molecular complexity index is 661. The lowest BCUT2D eigenvalue weighted by Crippen LogP contribution is -2.30. The van der Waals surface area contributed by atoms with Gasteiger partial charge in [-0.3, -0.25) is 4.31 Å². The van der Waals surface area contributed by atoms with Gasteiger partial charge in [0.2, 0.25) is 0 Å². The zero-order chi connectivity index (χ0) is 14.0. The van der Waals surface area contributed by atoms with E-state index in [1.54, 1.807) is 17.5 Å². The molecule has 1 aromatic carbocycles. The van der Waals surface area contributed by atoms with Gasteiger partial charge in [0, 0.05) is 6.54 Å². The minimum Gasteiger partial charge on any atom is -0.266 e. The lowest BCUT2D eigenvalue weighted by Gasteiger charge is -2.24. The number of hydrogen-bond acceptors (Lipinski definition) is 3. The van der Waals surface area contributed by atoms with Gasteiger partial charge in [0.15, 0.2) is 0 Å². The lowest BCUT2D eigenvalue weighted by atomic mass is 10.1. The van der Waals surface area contributed by atoms with Crippen LogP contribution in [-0.4, -0.2) is 15.0 Å². The van der Waals surface area contributed by atoms with E-state index in [1.165, 1.54) is 15.6 Å². The first-order chi connectivity index (χ1) is 8.96. The molecule has 0 N–H and O–H groups in total. The Morgan fingerprint density at radius 3 is 2.53 bits per heavy atom. The number of rotatable bonds is 4. The van der Waals surface area contributed by atoms with Crippen molar-refractivity contribution in [2.75, 3.05) is 10.8 Å². The average molecular weight is 295 g/mol. The van der Waals surface area contributed by atoms with Gasteiger partial charge in [-0.2, -0.15) is 0 Å². The van der Waals surface area contributed by atoms with Crippen molar-refractivity contribution in [2.45, 2.75) is 25.0 Å². The summed E-state index contributed by atoms with van der Waals surface area (Å²) in [5.74, 6) is 0. The van der Waals surface area contributed by atoms with Crippen LogP contribution in [0.25, 0.3) is 0 Å². The summed E-state index contributed by atoms with van der Waals surface area (Å²) in [7, 11) is -3.45. The summed E-state index contributed by atoms with van der Waals surface area (Å²) in [4.78, 5) is 0. The number of benzene rings is 1. The zero-order valence-electron chi connectivity index (χ0n) is 11.3. The lowest BCUT2D eigenvalue weighted by molar-refractivity contribution is 0.594. The first-order valence-electron chi connectivity index (χ1n) is 6.10. The van der Waals surface area contributed by atoms with Crippen LogP contribution in [-0.2, 0) is 10.0 Å². The fraction of sp³-hybridized carbons (Fsp3) is 0.286. The highest BCUT2D eigenvalue weighted by Gasteiger charge is 2.25. The van der Waals surface area contributed by atoms with Crippen LogP contribution in [0, 0.1) is 13.8 Å². The molecule has 0 aliphatic rings. The highest BCUT2D eigenvalue weighted by molar-refractivity contribution is 7.94. The van der Waals surface area contributed by atoms with Gasteiger partial charge < -0.3 is 0 Å². The molecule has 0 amide bonds. The number of sulfonamides is 1. The molecule has 0 radical (unpaired) electrons. The van der Waals surface area contributed by atoms with Crippen LogP contribution >= 0.6 is 11.3 Å². The van der Waals surface area contributed by atoms with E-state index < -0.39 is 10.0 Å². The molecule has 2 rings (SSSR count). The fourth-order valence-corrected chi connectivity index (χ4v) is 4.61. The molecule has 3 nitrogen and oxygen atoms in total. The maximum Gasteiger partial charge on any atom is 0.273 e. The molecule has 5 heteroatoms. The van der Waals surface area contributed by atoms with Crippen molar-refractivity contribution >= 4 is 27.0 Å². The largest absolute Gasteiger partial charge is 0.273 e. The predicted molar refractivity (Wildman–Crippen MR) is 80.4 cm³/mol. The molecule has 0 aliphatic heterocycles. The molecule has 0 fully saturated rings. The minimum absolute atomic E-state index is 0.384. The van der Waals surface area contributed by atoms with Crippen molar-refractivity contribution in [3.63, 3.8) is 0 Å².